The Kier molecular flexibility index (Phi) is 3.92. The Morgan fingerprint density at radius 2 is 2.07 bits per heavy atom. The molecular weight excluding hydrogens is 344 g/mol. The van der Waals surface area contributed by atoms with Gasteiger partial charge in [-0.25, -0.2) is 15.0 Å². The van der Waals surface area contributed by atoms with Crippen molar-refractivity contribution in [2.45, 2.75) is 32.8 Å². The maximum absolute atomic E-state index is 10.2. The molecule has 0 unspecified atom stereocenters. The Balaban J connectivity index is 1.74. The van der Waals surface area contributed by atoms with Gasteiger partial charge in [-0.05, 0) is 31.9 Å². The SMILES string of the molecule is Cc1c(-c2ncco2)nc(N)n2nc(Cc3cccc(C(C)(C)O)c3)nc12. The van der Waals surface area contributed by atoms with Crippen molar-refractivity contribution in [3.63, 3.8) is 0 Å². The number of hydrogen-bond donors (Lipinski definition) is 2. The lowest BCUT2D eigenvalue weighted by molar-refractivity contribution is 0.0785. The van der Waals surface area contributed by atoms with Crippen LogP contribution in [0.5, 0.6) is 0 Å². The molecule has 4 rings (SSSR count). The summed E-state index contributed by atoms with van der Waals surface area (Å²) in [6.45, 7) is 5.40. The number of anilines is 1. The van der Waals surface area contributed by atoms with Crippen molar-refractivity contribution in [1.82, 2.24) is 24.6 Å². The summed E-state index contributed by atoms with van der Waals surface area (Å²) in [5.41, 5.74) is 8.96. The predicted octanol–water partition coefficient (Wildman–Crippen LogP) is 2.49. The fourth-order valence-corrected chi connectivity index (χ4v) is 2.98. The minimum atomic E-state index is -0.905. The summed E-state index contributed by atoms with van der Waals surface area (Å²) < 4.78 is 6.87. The van der Waals surface area contributed by atoms with Gasteiger partial charge in [0.05, 0.1) is 11.8 Å². The van der Waals surface area contributed by atoms with E-state index in [-0.39, 0.29) is 5.95 Å². The van der Waals surface area contributed by atoms with Crippen molar-refractivity contribution in [3.05, 3.63) is 59.2 Å². The highest BCUT2D eigenvalue weighted by Crippen LogP contribution is 2.25. The van der Waals surface area contributed by atoms with Crippen molar-refractivity contribution in [3.8, 4) is 11.6 Å². The molecule has 0 aliphatic heterocycles. The van der Waals surface area contributed by atoms with Gasteiger partial charge in [0.1, 0.15) is 12.0 Å². The van der Waals surface area contributed by atoms with Crippen LogP contribution in [-0.2, 0) is 12.0 Å². The summed E-state index contributed by atoms with van der Waals surface area (Å²) in [5, 5.41) is 14.7. The molecule has 0 saturated heterocycles. The molecule has 8 heteroatoms. The second-order valence-corrected chi connectivity index (χ2v) is 6.98. The molecule has 0 fully saturated rings. The van der Waals surface area contributed by atoms with Crippen molar-refractivity contribution in [1.29, 1.82) is 0 Å². The molecule has 0 spiro atoms. The molecule has 1 aromatic carbocycles. The van der Waals surface area contributed by atoms with Crippen molar-refractivity contribution in [2.24, 2.45) is 0 Å². The topological polar surface area (TPSA) is 115 Å². The van der Waals surface area contributed by atoms with Gasteiger partial charge < -0.3 is 15.3 Å². The summed E-state index contributed by atoms with van der Waals surface area (Å²) in [6.07, 6.45) is 3.56. The number of benzene rings is 1. The van der Waals surface area contributed by atoms with Gasteiger partial charge in [-0.2, -0.15) is 4.52 Å². The molecule has 4 aromatic rings. The molecule has 27 heavy (non-hydrogen) atoms. The zero-order chi connectivity index (χ0) is 19.2. The largest absolute Gasteiger partial charge is 0.443 e. The minimum absolute atomic E-state index is 0.216. The van der Waals surface area contributed by atoms with Crippen LogP contribution in [0.3, 0.4) is 0 Å². The first-order valence-electron chi connectivity index (χ1n) is 8.56. The maximum Gasteiger partial charge on any atom is 0.245 e. The average Bonchev–Trinajstić information content (AvgIpc) is 3.27. The first-order chi connectivity index (χ1) is 12.8. The summed E-state index contributed by atoms with van der Waals surface area (Å²) in [4.78, 5) is 13.1. The van der Waals surface area contributed by atoms with Gasteiger partial charge in [0.2, 0.25) is 11.8 Å². The average molecular weight is 364 g/mol. The van der Waals surface area contributed by atoms with E-state index in [1.54, 1.807) is 20.0 Å². The monoisotopic (exact) mass is 364 g/mol. The van der Waals surface area contributed by atoms with Gasteiger partial charge in [-0.15, -0.1) is 5.10 Å². The molecule has 0 amide bonds. The van der Waals surface area contributed by atoms with E-state index in [0.29, 0.717) is 29.5 Å². The Morgan fingerprint density at radius 3 is 2.78 bits per heavy atom. The molecule has 0 aliphatic carbocycles. The Morgan fingerprint density at radius 1 is 1.26 bits per heavy atom. The molecule has 3 heterocycles. The van der Waals surface area contributed by atoms with E-state index in [1.165, 1.54) is 10.8 Å². The molecule has 3 N–H and O–H groups in total. The summed E-state index contributed by atoms with van der Waals surface area (Å²) in [7, 11) is 0. The van der Waals surface area contributed by atoms with E-state index >= 15 is 0 Å². The highest BCUT2D eigenvalue weighted by molar-refractivity contribution is 5.65. The second-order valence-electron chi connectivity index (χ2n) is 6.98. The van der Waals surface area contributed by atoms with Crippen LogP contribution in [0.2, 0.25) is 0 Å². The third-order valence-corrected chi connectivity index (χ3v) is 4.42. The van der Waals surface area contributed by atoms with Crippen molar-refractivity contribution >= 4 is 11.6 Å². The predicted molar refractivity (Wildman–Crippen MR) is 99.9 cm³/mol. The molecule has 0 bridgehead atoms. The Bertz CT molecular complexity index is 1110. The first kappa shape index (κ1) is 17.2. The van der Waals surface area contributed by atoms with Gasteiger partial charge in [0, 0.05) is 12.0 Å². The molecule has 0 atom stereocenters. The van der Waals surface area contributed by atoms with Crippen LogP contribution in [0.15, 0.2) is 41.1 Å². The molecule has 0 saturated carbocycles. The number of rotatable bonds is 4. The van der Waals surface area contributed by atoms with E-state index in [0.717, 1.165) is 16.7 Å². The number of hydrogen-bond acceptors (Lipinski definition) is 7. The second kappa shape index (κ2) is 6.17. The quantitative estimate of drug-likeness (QED) is 0.571. The van der Waals surface area contributed by atoms with Gasteiger partial charge >= 0.3 is 0 Å². The van der Waals surface area contributed by atoms with Crippen LogP contribution in [0.25, 0.3) is 17.2 Å². The number of nitrogen functional groups attached to an aromatic ring is 1. The molecular formula is C19H20N6O2. The Hall–Kier alpha value is -3.26. The standard InChI is InChI=1S/C19H20N6O2/c1-11-15(17-21-7-8-27-17)23-18(20)25-16(11)22-14(24-25)10-12-5-4-6-13(9-12)19(2,3)26/h4-9,26H,10H2,1-3H3,(H2,20,23). The van der Waals surface area contributed by atoms with Crippen molar-refractivity contribution < 1.29 is 9.52 Å². The minimum Gasteiger partial charge on any atom is -0.443 e. The normalized spacial score (nSPS) is 12.0. The van der Waals surface area contributed by atoms with Crippen LogP contribution >= 0.6 is 0 Å². The third kappa shape index (κ3) is 3.15. The number of fused-ring (bicyclic) bond motifs is 1. The molecule has 0 aliphatic rings. The summed E-state index contributed by atoms with van der Waals surface area (Å²) in [6, 6.07) is 7.75. The van der Waals surface area contributed by atoms with Gasteiger partial charge in [-0.1, -0.05) is 24.3 Å². The smallest absolute Gasteiger partial charge is 0.245 e. The number of nitrogens with two attached hydrogens (primary N) is 1. The molecule has 138 valence electrons. The summed E-state index contributed by atoms with van der Waals surface area (Å²) >= 11 is 0. The number of oxazole rings is 1. The fraction of sp³-hybridized carbons (Fsp3) is 0.263. The Labute approximate surface area is 155 Å². The van der Waals surface area contributed by atoms with Crippen LogP contribution in [0.4, 0.5) is 5.95 Å². The van der Waals surface area contributed by atoms with E-state index in [4.69, 9.17) is 10.2 Å². The van der Waals surface area contributed by atoms with Crippen LogP contribution in [-0.4, -0.2) is 29.7 Å². The van der Waals surface area contributed by atoms with E-state index < -0.39 is 5.60 Å². The maximum atomic E-state index is 10.2. The number of aliphatic hydroxyl groups is 1. The molecule has 0 radical (unpaired) electrons. The lowest BCUT2D eigenvalue weighted by atomic mass is 9.96. The molecule has 3 aromatic heterocycles. The third-order valence-electron chi connectivity index (χ3n) is 4.42. The van der Waals surface area contributed by atoms with Crippen LogP contribution < -0.4 is 5.73 Å². The number of nitrogens with zero attached hydrogens (tertiary/aromatic N) is 5. The van der Waals surface area contributed by atoms with Gasteiger partial charge in [0.15, 0.2) is 11.5 Å². The lowest BCUT2D eigenvalue weighted by Gasteiger charge is -2.18. The van der Waals surface area contributed by atoms with Gasteiger partial charge in [0.25, 0.3) is 0 Å². The fourth-order valence-electron chi connectivity index (χ4n) is 2.98. The summed E-state index contributed by atoms with van der Waals surface area (Å²) in [5.74, 6) is 1.22. The van der Waals surface area contributed by atoms with Crippen molar-refractivity contribution in [2.75, 3.05) is 5.73 Å². The number of aromatic nitrogens is 5. The van der Waals surface area contributed by atoms with Gasteiger partial charge in [-0.3, -0.25) is 0 Å². The first-order valence-corrected chi connectivity index (χ1v) is 8.56. The highest BCUT2D eigenvalue weighted by Gasteiger charge is 2.19. The van der Waals surface area contributed by atoms with E-state index in [9.17, 15) is 5.11 Å². The molecule has 8 nitrogen and oxygen atoms in total. The van der Waals surface area contributed by atoms with E-state index in [2.05, 4.69) is 20.1 Å². The zero-order valence-corrected chi connectivity index (χ0v) is 15.3. The lowest BCUT2D eigenvalue weighted by Crippen LogP contribution is -2.15. The van der Waals surface area contributed by atoms with Crippen LogP contribution in [0, 0.1) is 6.92 Å². The van der Waals surface area contributed by atoms with E-state index in [1.807, 2.05) is 31.2 Å². The van der Waals surface area contributed by atoms with Crippen LogP contribution in [0.1, 0.15) is 36.4 Å². The number of aryl methyl sites for hydroxylation is 1. The zero-order valence-electron chi connectivity index (χ0n) is 15.3. The highest BCUT2D eigenvalue weighted by atomic mass is 16.3.